The maximum atomic E-state index is 3.70. The Morgan fingerprint density at radius 3 is 2.53 bits per heavy atom. The summed E-state index contributed by atoms with van der Waals surface area (Å²) in [6.45, 7) is 9.94. The van der Waals surface area contributed by atoms with Crippen LogP contribution in [0.3, 0.4) is 0 Å². The predicted octanol–water partition coefficient (Wildman–Crippen LogP) is 3.89. The van der Waals surface area contributed by atoms with E-state index in [-0.39, 0.29) is 0 Å². The smallest absolute Gasteiger partial charge is 0.0210 e. The Kier molecular flexibility index (Phi) is 3.88. The summed E-state index contributed by atoms with van der Waals surface area (Å²) in [5.41, 5.74) is 5.71. The second-order valence-corrected chi connectivity index (χ2v) is 5.63. The van der Waals surface area contributed by atoms with Gasteiger partial charge in [-0.05, 0) is 61.8 Å². The molecule has 1 N–H and O–H groups in total. The summed E-state index contributed by atoms with van der Waals surface area (Å²) < 4.78 is 0. The first kappa shape index (κ1) is 12.6. The molecular formula is C16H25N. The Hall–Kier alpha value is -0.820. The van der Waals surface area contributed by atoms with Crippen molar-refractivity contribution < 1.29 is 0 Å². The van der Waals surface area contributed by atoms with Crippen molar-refractivity contribution >= 4 is 0 Å². The van der Waals surface area contributed by atoms with E-state index in [1.807, 2.05) is 0 Å². The molecule has 94 valence electrons. The van der Waals surface area contributed by atoms with E-state index in [1.165, 1.54) is 41.5 Å². The first-order valence-corrected chi connectivity index (χ1v) is 6.92. The van der Waals surface area contributed by atoms with E-state index in [9.17, 15) is 0 Å². The molecule has 2 atom stereocenters. The van der Waals surface area contributed by atoms with Gasteiger partial charge in [0.15, 0.2) is 0 Å². The summed E-state index contributed by atoms with van der Waals surface area (Å²) in [4.78, 5) is 0. The van der Waals surface area contributed by atoms with Gasteiger partial charge < -0.3 is 5.32 Å². The fourth-order valence-electron chi connectivity index (χ4n) is 2.64. The maximum absolute atomic E-state index is 3.70. The fourth-order valence-corrected chi connectivity index (χ4v) is 2.64. The van der Waals surface area contributed by atoms with Crippen LogP contribution >= 0.6 is 0 Å². The molecule has 0 radical (unpaired) electrons. The minimum Gasteiger partial charge on any atom is -0.310 e. The van der Waals surface area contributed by atoms with Crippen LogP contribution in [0.1, 0.15) is 48.4 Å². The minimum absolute atomic E-state index is 0.788. The van der Waals surface area contributed by atoms with E-state index in [0.717, 1.165) is 18.5 Å². The van der Waals surface area contributed by atoms with Crippen molar-refractivity contribution in [2.75, 3.05) is 0 Å². The number of aryl methyl sites for hydroxylation is 3. The largest absolute Gasteiger partial charge is 0.310 e. The minimum atomic E-state index is 0.788. The number of hydrogen-bond donors (Lipinski definition) is 1. The zero-order chi connectivity index (χ0) is 12.4. The number of nitrogens with one attached hydrogen (secondary N) is 1. The Morgan fingerprint density at radius 2 is 1.82 bits per heavy atom. The molecule has 0 spiro atoms. The molecule has 1 heteroatoms. The first-order valence-electron chi connectivity index (χ1n) is 6.92. The lowest BCUT2D eigenvalue weighted by atomic mass is 10.0. The Bertz CT molecular complexity index is 395. The van der Waals surface area contributed by atoms with E-state index in [2.05, 4.69) is 45.1 Å². The van der Waals surface area contributed by atoms with Crippen LogP contribution in [0.15, 0.2) is 12.1 Å². The number of hydrogen-bond acceptors (Lipinski definition) is 1. The first-order chi connectivity index (χ1) is 8.11. The van der Waals surface area contributed by atoms with Crippen LogP contribution < -0.4 is 5.32 Å². The summed E-state index contributed by atoms with van der Waals surface area (Å²) in [6, 6.07) is 5.44. The summed E-state index contributed by atoms with van der Waals surface area (Å²) in [5, 5.41) is 3.70. The second kappa shape index (κ2) is 5.22. The van der Waals surface area contributed by atoms with Crippen LogP contribution in [-0.4, -0.2) is 6.04 Å². The lowest BCUT2D eigenvalue weighted by Gasteiger charge is -2.11. The van der Waals surface area contributed by atoms with Crippen LogP contribution in [0, 0.1) is 26.7 Å². The molecule has 0 bridgehead atoms. The normalized spacial score (nSPS) is 22.8. The Morgan fingerprint density at radius 1 is 1.12 bits per heavy atom. The molecule has 1 aromatic rings. The van der Waals surface area contributed by atoms with Crippen LogP contribution in [0.4, 0.5) is 0 Å². The fraction of sp³-hybridized carbons (Fsp3) is 0.625. The van der Waals surface area contributed by atoms with Gasteiger partial charge in [-0.25, -0.2) is 0 Å². The molecule has 1 saturated carbocycles. The van der Waals surface area contributed by atoms with E-state index < -0.39 is 0 Å². The van der Waals surface area contributed by atoms with E-state index in [0.29, 0.717) is 0 Å². The van der Waals surface area contributed by atoms with Crippen molar-refractivity contribution in [3.8, 4) is 0 Å². The monoisotopic (exact) mass is 231 g/mol. The van der Waals surface area contributed by atoms with Gasteiger partial charge in [0.1, 0.15) is 0 Å². The molecule has 2 rings (SSSR count). The van der Waals surface area contributed by atoms with Gasteiger partial charge in [0.2, 0.25) is 0 Å². The second-order valence-electron chi connectivity index (χ2n) is 5.63. The SMILES string of the molecule is CCCC1CC1NCc1cc(C)c(C)cc1C. The zero-order valence-corrected chi connectivity index (χ0v) is 11.6. The zero-order valence-electron chi connectivity index (χ0n) is 11.6. The van der Waals surface area contributed by atoms with Crippen LogP contribution in [0.5, 0.6) is 0 Å². The van der Waals surface area contributed by atoms with Gasteiger partial charge in [-0.3, -0.25) is 0 Å². The molecule has 0 saturated heterocycles. The number of benzene rings is 1. The van der Waals surface area contributed by atoms with Gasteiger partial charge in [-0.2, -0.15) is 0 Å². The van der Waals surface area contributed by atoms with Crippen molar-refractivity contribution in [2.45, 2.75) is 59.5 Å². The molecule has 1 aliphatic rings. The highest BCUT2D eigenvalue weighted by Gasteiger charge is 2.35. The summed E-state index contributed by atoms with van der Waals surface area (Å²) in [7, 11) is 0. The van der Waals surface area contributed by atoms with Gasteiger partial charge in [0, 0.05) is 12.6 Å². The predicted molar refractivity (Wildman–Crippen MR) is 74.3 cm³/mol. The topological polar surface area (TPSA) is 12.0 Å². The third-order valence-electron chi connectivity index (χ3n) is 4.09. The molecule has 0 aromatic heterocycles. The third kappa shape index (κ3) is 3.10. The molecule has 2 unspecified atom stereocenters. The lowest BCUT2D eigenvalue weighted by Crippen LogP contribution is -2.18. The van der Waals surface area contributed by atoms with E-state index in [1.54, 1.807) is 0 Å². The van der Waals surface area contributed by atoms with Crippen molar-refractivity contribution in [3.05, 3.63) is 34.4 Å². The van der Waals surface area contributed by atoms with Gasteiger partial charge >= 0.3 is 0 Å². The third-order valence-corrected chi connectivity index (χ3v) is 4.09. The van der Waals surface area contributed by atoms with E-state index >= 15 is 0 Å². The molecule has 1 aliphatic carbocycles. The average molecular weight is 231 g/mol. The molecule has 1 aromatic carbocycles. The highest BCUT2D eigenvalue weighted by molar-refractivity contribution is 5.36. The van der Waals surface area contributed by atoms with Crippen molar-refractivity contribution in [2.24, 2.45) is 5.92 Å². The van der Waals surface area contributed by atoms with Crippen LogP contribution in [0.2, 0.25) is 0 Å². The Labute approximate surface area is 106 Å². The van der Waals surface area contributed by atoms with Crippen LogP contribution in [0.25, 0.3) is 0 Å². The van der Waals surface area contributed by atoms with Crippen LogP contribution in [-0.2, 0) is 6.54 Å². The highest BCUT2D eigenvalue weighted by atomic mass is 15.0. The molecule has 1 nitrogen and oxygen atoms in total. The molecule has 0 amide bonds. The summed E-state index contributed by atoms with van der Waals surface area (Å²) >= 11 is 0. The summed E-state index contributed by atoms with van der Waals surface area (Å²) in [6.07, 6.45) is 4.10. The molecule has 0 aliphatic heterocycles. The van der Waals surface area contributed by atoms with Crippen molar-refractivity contribution in [1.29, 1.82) is 0 Å². The average Bonchev–Trinajstić information content (AvgIpc) is 3.01. The van der Waals surface area contributed by atoms with Gasteiger partial charge in [-0.15, -0.1) is 0 Å². The quantitative estimate of drug-likeness (QED) is 0.810. The molecular weight excluding hydrogens is 206 g/mol. The van der Waals surface area contributed by atoms with Gasteiger partial charge in [0.05, 0.1) is 0 Å². The standard InChI is InChI=1S/C16H25N/c1-5-6-14-9-16(14)17-10-15-8-12(3)11(2)7-13(15)4/h7-8,14,16-17H,5-6,9-10H2,1-4H3. The maximum Gasteiger partial charge on any atom is 0.0210 e. The van der Waals surface area contributed by atoms with Crippen molar-refractivity contribution in [1.82, 2.24) is 5.32 Å². The summed E-state index contributed by atoms with van der Waals surface area (Å²) in [5.74, 6) is 0.951. The van der Waals surface area contributed by atoms with Crippen molar-refractivity contribution in [3.63, 3.8) is 0 Å². The van der Waals surface area contributed by atoms with Gasteiger partial charge in [0.25, 0.3) is 0 Å². The highest BCUT2D eigenvalue weighted by Crippen LogP contribution is 2.34. The van der Waals surface area contributed by atoms with E-state index in [4.69, 9.17) is 0 Å². The molecule has 1 fully saturated rings. The molecule has 17 heavy (non-hydrogen) atoms. The van der Waals surface area contributed by atoms with Gasteiger partial charge in [-0.1, -0.05) is 25.5 Å². The Balaban J connectivity index is 1.89. The number of rotatable bonds is 5. The molecule has 0 heterocycles. The lowest BCUT2D eigenvalue weighted by molar-refractivity contribution is 0.598.